The molecule has 8 heteroatoms. The van der Waals surface area contributed by atoms with Crippen molar-refractivity contribution in [1.82, 2.24) is 15.2 Å². The van der Waals surface area contributed by atoms with Crippen LogP contribution in [0.3, 0.4) is 0 Å². The zero-order valence-corrected chi connectivity index (χ0v) is 11.5. The van der Waals surface area contributed by atoms with E-state index in [-0.39, 0.29) is 13.2 Å². The number of alkyl halides is 2. The van der Waals surface area contributed by atoms with E-state index in [1.807, 2.05) is 0 Å². The Hall–Kier alpha value is -1.80. The van der Waals surface area contributed by atoms with Crippen molar-refractivity contribution in [3.8, 4) is 0 Å². The van der Waals surface area contributed by atoms with Crippen molar-refractivity contribution in [3.63, 3.8) is 0 Å². The van der Waals surface area contributed by atoms with Crippen LogP contribution < -0.4 is 5.32 Å². The van der Waals surface area contributed by atoms with Crippen molar-refractivity contribution in [1.29, 1.82) is 0 Å². The third-order valence-electron chi connectivity index (χ3n) is 3.44. The van der Waals surface area contributed by atoms with Gasteiger partial charge in [-0.15, -0.1) is 0 Å². The van der Waals surface area contributed by atoms with Crippen LogP contribution in [-0.2, 0) is 4.74 Å². The number of aromatic nitrogens is 1. The van der Waals surface area contributed by atoms with Gasteiger partial charge in [0.1, 0.15) is 12.6 Å². The Morgan fingerprint density at radius 1 is 1.62 bits per heavy atom. The summed E-state index contributed by atoms with van der Waals surface area (Å²) in [5, 5.41) is 11.7. The van der Waals surface area contributed by atoms with Crippen molar-refractivity contribution in [3.05, 3.63) is 30.1 Å². The monoisotopic (exact) mass is 301 g/mol. The third-order valence-corrected chi connectivity index (χ3v) is 3.44. The number of pyridine rings is 1. The SMILES string of the molecule is CN(C(=O)N[C@@H]1COCC1(F)F)[C@H](CO)c1ccncc1. The van der Waals surface area contributed by atoms with Gasteiger partial charge in [-0.3, -0.25) is 4.98 Å². The van der Waals surface area contributed by atoms with E-state index in [4.69, 9.17) is 0 Å². The molecular weight excluding hydrogens is 284 g/mol. The van der Waals surface area contributed by atoms with Gasteiger partial charge in [-0.25, -0.2) is 13.6 Å². The second-order valence-corrected chi connectivity index (χ2v) is 4.87. The van der Waals surface area contributed by atoms with Gasteiger partial charge in [0.15, 0.2) is 0 Å². The van der Waals surface area contributed by atoms with E-state index in [9.17, 15) is 18.7 Å². The molecule has 6 nitrogen and oxygen atoms in total. The van der Waals surface area contributed by atoms with Crippen LogP contribution in [0.15, 0.2) is 24.5 Å². The fourth-order valence-electron chi connectivity index (χ4n) is 2.11. The number of hydrogen-bond donors (Lipinski definition) is 2. The van der Waals surface area contributed by atoms with Gasteiger partial charge in [0.25, 0.3) is 5.92 Å². The maximum absolute atomic E-state index is 13.4. The van der Waals surface area contributed by atoms with Crippen molar-refractivity contribution in [2.24, 2.45) is 0 Å². The van der Waals surface area contributed by atoms with Crippen molar-refractivity contribution in [2.45, 2.75) is 18.0 Å². The van der Waals surface area contributed by atoms with Crippen molar-refractivity contribution < 1.29 is 23.4 Å². The highest BCUT2D eigenvalue weighted by atomic mass is 19.3. The average Bonchev–Trinajstić information content (AvgIpc) is 2.79. The zero-order chi connectivity index (χ0) is 15.5. The summed E-state index contributed by atoms with van der Waals surface area (Å²) < 4.78 is 31.5. The molecule has 1 aromatic heterocycles. The highest BCUT2D eigenvalue weighted by molar-refractivity contribution is 5.75. The molecule has 1 fully saturated rings. The summed E-state index contributed by atoms with van der Waals surface area (Å²) in [6, 6.07) is 0.616. The highest BCUT2D eigenvalue weighted by Gasteiger charge is 2.46. The molecular formula is C13H17F2N3O3. The summed E-state index contributed by atoms with van der Waals surface area (Å²) in [5.74, 6) is -3.08. The third kappa shape index (κ3) is 3.45. The number of nitrogens with one attached hydrogen (secondary N) is 1. The zero-order valence-electron chi connectivity index (χ0n) is 11.5. The van der Waals surface area contributed by atoms with Gasteiger partial charge in [-0.1, -0.05) is 0 Å². The van der Waals surface area contributed by atoms with E-state index in [1.54, 1.807) is 12.1 Å². The predicted molar refractivity (Wildman–Crippen MR) is 69.9 cm³/mol. The molecule has 21 heavy (non-hydrogen) atoms. The molecule has 0 aliphatic carbocycles. The number of amides is 2. The molecule has 116 valence electrons. The molecule has 0 saturated carbocycles. The molecule has 1 aliphatic rings. The number of likely N-dealkylation sites (N-methyl/N-ethyl adjacent to an activating group) is 1. The van der Waals surface area contributed by atoms with Crippen LogP contribution in [0, 0.1) is 0 Å². The summed E-state index contributed by atoms with van der Waals surface area (Å²) in [4.78, 5) is 17.1. The molecule has 0 spiro atoms. The van der Waals surface area contributed by atoms with Gasteiger partial charge in [0.2, 0.25) is 0 Å². The first-order valence-electron chi connectivity index (χ1n) is 6.45. The molecule has 0 unspecified atom stereocenters. The van der Waals surface area contributed by atoms with Gasteiger partial charge >= 0.3 is 6.03 Å². The lowest BCUT2D eigenvalue weighted by Crippen LogP contribution is -2.51. The Kier molecular flexibility index (Phi) is 4.69. The van der Waals surface area contributed by atoms with Crippen LogP contribution in [0.5, 0.6) is 0 Å². The molecule has 2 amide bonds. The molecule has 1 saturated heterocycles. The quantitative estimate of drug-likeness (QED) is 0.862. The second kappa shape index (κ2) is 6.31. The first-order valence-corrected chi connectivity index (χ1v) is 6.45. The first-order chi connectivity index (χ1) is 9.95. The summed E-state index contributed by atoms with van der Waals surface area (Å²) in [7, 11) is 1.44. The number of nitrogens with zero attached hydrogens (tertiary/aromatic N) is 2. The number of carbonyl (C=O) groups is 1. The minimum absolute atomic E-state index is 0.231. The Morgan fingerprint density at radius 2 is 2.29 bits per heavy atom. The van der Waals surface area contributed by atoms with E-state index in [0.29, 0.717) is 5.56 Å². The van der Waals surface area contributed by atoms with Gasteiger partial charge in [0, 0.05) is 19.4 Å². The minimum atomic E-state index is -3.08. The molecule has 0 radical (unpaired) electrons. The molecule has 1 aromatic rings. The van der Waals surface area contributed by atoms with E-state index in [2.05, 4.69) is 15.0 Å². The smallest absolute Gasteiger partial charge is 0.318 e. The lowest BCUT2D eigenvalue weighted by Gasteiger charge is -2.29. The Labute approximate surface area is 120 Å². The van der Waals surface area contributed by atoms with E-state index >= 15 is 0 Å². The number of aliphatic hydroxyl groups is 1. The van der Waals surface area contributed by atoms with Crippen LogP contribution >= 0.6 is 0 Å². The van der Waals surface area contributed by atoms with Gasteiger partial charge in [-0.05, 0) is 17.7 Å². The molecule has 0 bridgehead atoms. The average molecular weight is 301 g/mol. The molecule has 1 aliphatic heterocycles. The van der Waals surface area contributed by atoms with Gasteiger partial charge in [0.05, 0.1) is 19.3 Å². The van der Waals surface area contributed by atoms with Crippen LogP contribution in [-0.4, -0.2) is 59.9 Å². The predicted octanol–water partition coefficient (Wildman–Crippen LogP) is 0.790. The molecule has 2 rings (SSSR count). The minimum Gasteiger partial charge on any atom is -0.394 e. The number of rotatable bonds is 4. The number of halogens is 2. The van der Waals surface area contributed by atoms with E-state index in [0.717, 1.165) is 0 Å². The number of ether oxygens (including phenoxy) is 1. The maximum atomic E-state index is 13.4. The number of carbonyl (C=O) groups excluding carboxylic acids is 1. The number of aliphatic hydroxyl groups excluding tert-OH is 1. The fourth-order valence-corrected chi connectivity index (χ4v) is 2.11. The van der Waals surface area contributed by atoms with E-state index < -0.39 is 30.6 Å². The Bertz CT molecular complexity index is 487. The Morgan fingerprint density at radius 3 is 2.81 bits per heavy atom. The van der Waals surface area contributed by atoms with Crippen LogP contribution in [0.4, 0.5) is 13.6 Å². The summed E-state index contributed by atoms with van der Waals surface area (Å²) in [5.41, 5.74) is 0.666. The molecule has 2 N–H and O–H groups in total. The number of hydrogen-bond acceptors (Lipinski definition) is 4. The van der Waals surface area contributed by atoms with Crippen LogP contribution in [0.1, 0.15) is 11.6 Å². The fraction of sp³-hybridized carbons (Fsp3) is 0.538. The Balaban J connectivity index is 2.04. The topological polar surface area (TPSA) is 74.7 Å². The second-order valence-electron chi connectivity index (χ2n) is 4.87. The normalized spacial score (nSPS) is 21.8. The first kappa shape index (κ1) is 15.6. The van der Waals surface area contributed by atoms with Gasteiger partial charge in [-0.2, -0.15) is 0 Å². The molecule has 2 atom stereocenters. The van der Waals surface area contributed by atoms with Crippen molar-refractivity contribution in [2.75, 3.05) is 26.9 Å². The largest absolute Gasteiger partial charge is 0.394 e. The van der Waals surface area contributed by atoms with Crippen LogP contribution in [0.25, 0.3) is 0 Å². The van der Waals surface area contributed by atoms with Crippen LogP contribution in [0.2, 0.25) is 0 Å². The molecule has 2 heterocycles. The maximum Gasteiger partial charge on any atom is 0.318 e. The lowest BCUT2D eigenvalue weighted by atomic mass is 10.1. The summed E-state index contributed by atoms with van der Waals surface area (Å²) in [6.45, 7) is -1.26. The van der Waals surface area contributed by atoms with Crippen molar-refractivity contribution >= 4 is 6.03 Å². The lowest BCUT2D eigenvalue weighted by molar-refractivity contribution is -0.0225. The van der Waals surface area contributed by atoms with Gasteiger partial charge < -0.3 is 20.1 Å². The summed E-state index contributed by atoms with van der Waals surface area (Å²) in [6.07, 6.45) is 3.06. The molecule has 0 aromatic carbocycles. The van der Waals surface area contributed by atoms with E-state index in [1.165, 1.54) is 24.3 Å². The summed E-state index contributed by atoms with van der Waals surface area (Å²) >= 11 is 0. The standard InChI is InChI=1S/C13H17F2N3O3/c1-18(10(6-19)9-2-4-16-5-3-9)12(20)17-11-7-21-8-13(11,14)15/h2-5,10-11,19H,6-8H2,1H3,(H,17,20)/t10-,11-/m1/s1. The number of urea groups is 1. The highest BCUT2D eigenvalue weighted by Crippen LogP contribution is 2.26.